The molecule has 0 bridgehead atoms. The van der Waals surface area contributed by atoms with E-state index in [1.54, 1.807) is 36.4 Å². The molecule has 0 fully saturated rings. The molecule has 0 saturated carbocycles. The van der Waals surface area contributed by atoms with Crippen molar-refractivity contribution in [1.29, 1.82) is 0 Å². The van der Waals surface area contributed by atoms with Crippen LogP contribution in [0.3, 0.4) is 0 Å². The Labute approximate surface area is 196 Å². The van der Waals surface area contributed by atoms with E-state index in [1.165, 1.54) is 10.7 Å². The molecule has 0 spiro atoms. The maximum Gasteiger partial charge on any atom is 0.269 e. The number of halogens is 2. The van der Waals surface area contributed by atoms with Gasteiger partial charge in [0, 0.05) is 11.8 Å². The van der Waals surface area contributed by atoms with Crippen LogP contribution < -0.4 is 11.1 Å². The highest BCUT2D eigenvalue weighted by Crippen LogP contribution is 2.20. The summed E-state index contributed by atoms with van der Waals surface area (Å²) in [5.41, 5.74) is 6.44. The Hall–Kier alpha value is -3.26. The topological polar surface area (TPSA) is 107 Å². The van der Waals surface area contributed by atoms with E-state index in [4.69, 9.17) is 17.3 Å². The summed E-state index contributed by atoms with van der Waals surface area (Å²) < 4.78 is 15.5. The van der Waals surface area contributed by atoms with Crippen LogP contribution in [0.25, 0.3) is 10.9 Å². The lowest BCUT2D eigenvalue weighted by Gasteiger charge is -2.18. The average molecular weight is 473 g/mol. The molecule has 9 heteroatoms. The number of aryl methyl sites for hydroxylation is 1. The van der Waals surface area contributed by atoms with Gasteiger partial charge in [0.2, 0.25) is 5.91 Å². The van der Waals surface area contributed by atoms with E-state index in [9.17, 15) is 18.8 Å². The van der Waals surface area contributed by atoms with E-state index in [0.29, 0.717) is 22.9 Å². The Balaban J connectivity index is 1.70. The second kappa shape index (κ2) is 11.0. The van der Waals surface area contributed by atoms with Crippen molar-refractivity contribution in [2.75, 3.05) is 0 Å². The molecule has 1 heterocycles. The van der Waals surface area contributed by atoms with Gasteiger partial charge in [-0.3, -0.25) is 19.1 Å². The summed E-state index contributed by atoms with van der Waals surface area (Å²) in [6, 6.07) is 10.9. The van der Waals surface area contributed by atoms with E-state index in [-0.39, 0.29) is 35.9 Å². The number of benzene rings is 2. The number of hydrogen-bond acceptors (Lipinski definition) is 4. The lowest BCUT2D eigenvalue weighted by molar-refractivity contribution is -0.128. The Morgan fingerprint density at radius 3 is 2.67 bits per heavy atom. The normalized spacial score (nSPS) is 12.0. The van der Waals surface area contributed by atoms with Crippen molar-refractivity contribution in [2.45, 2.75) is 51.6 Å². The molecule has 0 unspecified atom stereocenters. The number of nitrogens with zero attached hydrogens (tertiary/aromatic N) is 2. The number of unbranched alkanes of at least 4 members (excludes halogenated alkanes) is 1. The van der Waals surface area contributed by atoms with Gasteiger partial charge in [0.05, 0.1) is 16.6 Å². The Morgan fingerprint density at radius 1 is 1.18 bits per heavy atom. The molecule has 174 valence electrons. The Kier molecular flexibility index (Phi) is 8.16. The number of fused-ring (bicyclic) bond motifs is 1. The molecule has 0 aliphatic heterocycles. The minimum absolute atomic E-state index is 0.0116. The molecule has 3 aromatic rings. The van der Waals surface area contributed by atoms with Crippen LogP contribution in [-0.2, 0) is 22.6 Å². The molecule has 0 radical (unpaired) electrons. The van der Waals surface area contributed by atoms with Crippen LogP contribution in [0.15, 0.2) is 42.5 Å². The molecule has 0 aliphatic carbocycles. The van der Waals surface area contributed by atoms with Gasteiger partial charge in [0.15, 0.2) is 11.5 Å². The zero-order valence-corrected chi connectivity index (χ0v) is 19.1. The van der Waals surface area contributed by atoms with Crippen molar-refractivity contribution in [3.05, 3.63) is 64.6 Å². The van der Waals surface area contributed by atoms with Gasteiger partial charge in [-0.05, 0) is 30.5 Å². The lowest BCUT2D eigenvalue weighted by Crippen LogP contribution is -2.42. The molecule has 2 aromatic carbocycles. The number of nitrogens with one attached hydrogen (secondary N) is 1. The number of nitrogens with two attached hydrogens (primary N) is 1. The maximum absolute atomic E-state index is 14.1. The number of aromatic nitrogens is 2. The number of carbonyl (C=O) groups excluding carboxylic acids is 3. The second-order valence-electron chi connectivity index (χ2n) is 7.83. The van der Waals surface area contributed by atoms with Gasteiger partial charge in [-0.25, -0.2) is 4.39 Å². The van der Waals surface area contributed by atoms with Gasteiger partial charge in [0.1, 0.15) is 12.4 Å². The highest BCUT2D eigenvalue weighted by molar-refractivity contribution is 6.30. The number of rotatable bonds is 11. The molecule has 1 atom stereocenters. The predicted molar refractivity (Wildman–Crippen MR) is 124 cm³/mol. The summed E-state index contributed by atoms with van der Waals surface area (Å²) in [5.74, 6) is -1.81. The van der Waals surface area contributed by atoms with Crippen molar-refractivity contribution < 1.29 is 18.8 Å². The van der Waals surface area contributed by atoms with Gasteiger partial charge < -0.3 is 11.1 Å². The minimum Gasteiger partial charge on any atom is -0.364 e. The maximum atomic E-state index is 14.1. The van der Waals surface area contributed by atoms with Crippen molar-refractivity contribution in [3.63, 3.8) is 0 Å². The largest absolute Gasteiger partial charge is 0.364 e. The molecule has 0 saturated heterocycles. The van der Waals surface area contributed by atoms with Crippen LogP contribution in [0.2, 0.25) is 5.02 Å². The summed E-state index contributed by atoms with van der Waals surface area (Å²) >= 11 is 5.81. The summed E-state index contributed by atoms with van der Waals surface area (Å²) in [5, 5.41) is 7.53. The Bertz CT molecular complexity index is 1180. The first-order valence-corrected chi connectivity index (χ1v) is 11.2. The summed E-state index contributed by atoms with van der Waals surface area (Å²) in [7, 11) is 0. The summed E-state index contributed by atoms with van der Waals surface area (Å²) in [6.45, 7) is 1.82. The SMILES string of the molecule is CCCC[C@H](NC(=O)Cn1nc(C(N)=O)c2ccccc21)C(=O)CCc1cccc(Cl)c1F. The number of ketones is 1. The standard InChI is InChI=1S/C24H26ClFN4O3/c1-2-3-10-18(20(31)13-12-15-7-6-9-17(25)22(15)26)28-21(32)14-30-19-11-5-4-8-16(19)23(29-30)24(27)33/h4-9,11,18H,2-3,10,12-14H2,1H3,(H2,27,33)(H,28,32)/t18-/m0/s1. The fourth-order valence-electron chi connectivity index (χ4n) is 3.70. The quantitative estimate of drug-likeness (QED) is 0.442. The number of Topliss-reactive ketones (excluding diaryl/α,β-unsaturated/α-hetero) is 1. The Morgan fingerprint density at radius 2 is 1.94 bits per heavy atom. The van der Waals surface area contributed by atoms with E-state index in [1.807, 2.05) is 6.92 Å². The van der Waals surface area contributed by atoms with Crippen molar-refractivity contribution in [1.82, 2.24) is 15.1 Å². The van der Waals surface area contributed by atoms with Crippen LogP contribution in [0, 0.1) is 5.82 Å². The first kappa shape index (κ1) is 24.4. The highest BCUT2D eigenvalue weighted by Gasteiger charge is 2.22. The van der Waals surface area contributed by atoms with Gasteiger partial charge >= 0.3 is 0 Å². The molecule has 0 aliphatic rings. The zero-order chi connectivity index (χ0) is 24.0. The number of carbonyl (C=O) groups is 3. The van der Waals surface area contributed by atoms with Crippen molar-refractivity contribution >= 4 is 40.1 Å². The van der Waals surface area contributed by atoms with Gasteiger partial charge in [0.25, 0.3) is 5.91 Å². The third kappa shape index (κ3) is 5.96. The van der Waals surface area contributed by atoms with E-state index in [0.717, 1.165) is 12.8 Å². The third-order valence-corrected chi connectivity index (χ3v) is 5.72. The van der Waals surface area contributed by atoms with Crippen LogP contribution in [0.1, 0.15) is 48.7 Å². The predicted octanol–water partition coefficient (Wildman–Crippen LogP) is 3.80. The van der Waals surface area contributed by atoms with Gasteiger partial charge in [-0.15, -0.1) is 0 Å². The van der Waals surface area contributed by atoms with Gasteiger partial charge in [-0.2, -0.15) is 5.10 Å². The highest BCUT2D eigenvalue weighted by atomic mass is 35.5. The number of primary amides is 1. The zero-order valence-electron chi connectivity index (χ0n) is 18.3. The smallest absolute Gasteiger partial charge is 0.269 e. The van der Waals surface area contributed by atoms with Crippen molar-refractivity contribution in [3.8, 4) is 0 Å². The first-order chi connectivity index (χ1) is 15.8. The third-order valence-electron chi connectivity index (χ3n) is 5.43. The molecule has 33 heavy (non-hydrogen) atoms. The molecular weight excluding hydrogens is 447 g/mol. The molecule has 7 nitrogen and oxygen atoms in total. The number of amides is 2. The summed E-state index contributed by atoms with van der Waals surface area (Å²) in [4.78, 5) is 37.3. The van der Waals surface area contributed by atoms with Crippen LogP contribution in [0.5, 0.6) is 0 Å². The molecule has 3 N–H and O–H groups in total. The molecule has 1 aromatic heterocycles. The number of hydrogen-bond donors (Lipinski definition) is 2. The number of para-hydroxylation sites is 1. The van der Waals surface area contributed by atoms with Crippen molar-refractivity contribution in [2.24, 2.45) is 5.73 Å². The van der Waals surface area contributed by atoms with Crippen LogP contribution in [-0.4, -0.2) is 33.4 Å². The fraction of sp³-hybridized carbons (Fsp3) is 0.333. The molecule has 3 rings (SSSR count). The average Bonchev–Trinajstić information content (AvgIpc) is 3.16. The molecular formula is C24H26ClFN4O3. The van der Waals surface area contributed by atoms with E-state index >= 15 is 0 Å². The fourth-order valence-corrected chi connectivity index (χ4v) is 3.90. The van der Waals surface area contributed by atoms with E-state index in [2.05, 4.69) is 10.4 Å². The first-order valence-electron chi connectivity index (χ1n) is 10.8. The monoisotopic (exact) mass is 472 g/mol. The lowest BCUT2D eigenvalue weighted by atomic mass is 9.99. The van der Waals surface area contributed by atoms with Crippen LogP contribution in [0.4, 0.5) is 4.39 Å². The van der Waals surface area contributed by atoms with Crippen LogP contribution >= 0.6 is 11.6 Å². The van der Waals surface area contributed by atoms with E-state index < -0.39 is 23.7 Å². The molecule has 2 amide bonds. The van der Waals surface area contributed by atoms with Gasteiger partial charge in [-0.1, -0.05) is 61.7 Å². The summed E-state index contributed by atoms with van der Waals surface area (Å²) in [6.07, 6.45) is 2.34. The second-order valence-corrected chi connectivity index (χ2v) is 8.24. The minimum atomic E-state index is -0.697.